The van der Waals surface area contributed by atoms with Gasteiger partial charge in [-0.15, -0.1) is 0 Å². The number of rotatable bonds is 5. The van der Waals surface area contributed by atoms with Gasteiger partial charge in [0.2, 0.25) is 20.2 Å². The van der Waals surface area contributed by atoms with Gasteiger partial charge in [-0.05, 0) is 36.3 Å². The van der Waals surface area contributed by atoms with Gasteiger partial charge in [0.25, 0.3) is 11.6 Å². The molecule has 0 radical (unpaired) electrons. The summed E-state index contributed by atoms with van der Waals surface area (Å²) in [5.74, 6) is -0.965. The Labute approximate surface area is 214 Å². The molecule has 0 saturated heterocycles. The zero-order valence-electron chi connectivity index (χ0n) is 19.1. The molecule has 1 aromatic heterocycles. The van der Waals surface area contributed by atoms with Gasteiger partial charge >= 0.3 is 0 Å². The molecule has 5 rings (SSSR count). The Balaban J connectivity index is 1.45. The van der Waals surface area contributed by atoms with Crippen molar-refractivity contribution in [2.75, 3.05) is 0 Å². The number of sulfone groups is 1. The van der Waals surface area contributed by atoms with E-state index in [1.807, 2.05) is 0 Å². The number of carbonyl (C=O) groups excluding carboxylic acids is 1. The smallest absolute Gasteiger partial charge is 0.283 e. The van der Waals surface area contributed by atoms with E-state index in [1.165, 1.54) is 18.2 Å². The van der Waals surface area contributed by atoms with E-state index in [4.69, 9.17) is 9.83 Å². The van der Waals surface area contributed by atoms with Crippen LogP contribution in [0.4, 0.5) is 5.69 Å². The highest BCUT2D eigenvalue weighted by atomic mass is 32.2. The fourth-order valence-electron chi connectivity index (χ4n) is 3.76. The number of hydrogen-bond acceptors (Lipinski definition) is 9. The fourth-order valence-corrected chi connectivity index (χ4v) is 6.23. The van der Waals surface area contributed by atoms with E-state index in [0.29, 0.717) is 28.8 Å². The minimum Gasteiger partial charge on any atom is -0.457 e. The summed E-state index contributed by atoms with van der Waals surface area (Å²) in [6.45, 7) is 1.78. The van der Waals surface area contributed by atoms with Crippen LogP contribution >= 0.6 is 11.9 Å². The molecule has 0 spiro atoms. The lowest BCUT2D eigenvalue weighted by Crippen LogP contribution is -2.45. The zero-order valence-corrected chi connectivity index (χ0v) is 20.7. The minimum absolute atomic E-state index is 0.0221. The number of amides is 1. The predicted octanol–water partition coefficient (Wildman–Crippen LogP) is 4.35. The first-order chi connectivity index (χ1) is 17.6. The Morgan fingerprint density at radius 3 is 2.65 bits per heavy atom. The molecule has 0 saturated carbocycles. The summed E-state index contributed by atoms with van der Waals surface area (Å²) in [7, 11) is -3.96. The lowest BCUT2D eigenvalue weighted by molar-refractivity contribution is -0.384. The molecule has 2 aromatic carbocycles. The topological polar surface area (TPSA) is 159 Å². The van der Waals surface area contributed by atoms with Gasteiger partial charge in [-0.2, -0.15) is 9.39 Å². The van der Waals surface area contributed by atoms with Crippen molar-refractivity contribution in [3.63, 3.8) is 0 Å². The second kappa shape index (κ2) is 9.26. The Kier molecular flexibility index (Phi) is 6.09. The van der Waals surface area contributed by atoms with E-state index in [9.17, 15) is 23.3 Å². The third-order valence-corrected chi connectivity index (χ3v) is 7.94. The highest BCUT2D eigenvalue weighted by Crippen LogP contribution is 2.33. The number of carbonyl (C=O) groups is 1. The summed E-state index contributed by atoms with van der Waals surface area (Å²) in [5, 5.41) is 19.4. The van der Waals surface area contributed by atoms with Gasteiger partial charge in [0.05, 0.1) is 28.2 Å². The zero-order chi connectivity index (χ0) is 26.3. The molecule has 0 bridgehead atoms. The van der Waals surface area contributed by atoms with Crippen LogP contribution in [0.15, 0.2) is 80.0 Å². The van der Waals surface area contributed by atoms with Crippen LogP contribution in [0.25, 0.3) is 17.4 Å². The lowest BCUT2D eigenvalue weighted by atomic mass is 10.1. The second-order valence-corrected chi connectivity index (χ2v) is 10.7. The highest BCUT2D eigenvalue weighted by Gasteiger charge is 2.42. The van der Waals surface area contributed by atoms with Crippen LogP contribution < -0.4 is 0 Å². The number of aliphatic imine (C=N–C) groups is 1. The average molecular weight is 536 g/mol. The molecule has 3 aromatic rings. The molecule has 37 heavy (non-hydrogen) atoms. The van der Waals surface area contributed by atoms with Gasteiger partial charge in [-0.25, -0.2) is 13.3 Å². The summed E-state index contributed by atoms with van der Waals surface area (Å²) in [6, 6.07) is 16.1. The number of nitrogens with zero attached hydrogens (tertiary/aromatic N) is 4. The van der Waals surface area contributed by atoms with Crippen molar-refractivity contribution in [1.29, 1.82) is 5.41 Å². The number of nitrogens with one attached hydrogen (secondary N) is 1. The molecule has 2 aliphatic heterocycles. The van der Waals surface area contributed by atoms with Crippen LogP contribution in [0.1, 0.15) is 16.9 Å². The molecule has 11 nitrogen and oxygen atoms in total. The first-order valence-corrected chi connectivity index (χ1v) is 13.2. The standard InChI is InChI=1S/C24H17N5O6S2/c1-14-7-8-16(29(31)32)11-18(14)20-10-9-17(35-20)12-19-21(25)28-23(26-22(19)30)36-27-24(28)37(33,34)13-15-5-3-2-4-6-15/h2-12,25H,13H2,1H3/b19-12-,25-21?. The lowest BCUT2D eigenvalue weighted by Gasteiger charge is -2.24. The molecular weight excluding hydrogens is 518 g/mol. The van der Waals surface area contributed by atoms with Gasteiger partial charge in [0, 0.05) is 17.7 Å². The number of furan rings is 1. The monoisotopic (exact) mass is 535 g/mol. The van der Waals surface area contributed by atoms with Gasteiger partial charge < -0.3 is 4.42 Å². The molecule has 1 amide bonds. The maximum atomic E-state index is 13.1. The molecule has 0 atom stereocenters. The van der Waals surface area contributed by atoms with Crippen LogP contribution in [-0.2, 0) is 20.4 Å². The average Bonchev–Trinajstić information content (AvgIpc) is 3.50. The molecule has 0 unspecified atom stereocenters. The van der Waals surface area contributed by atoms with Gasteiger partial charge in [-0.3, -0.25) is 20.3 Å². The third kappa shape index (κ3) is 4.61. The summed E-state index contributed by atoms with van der Waals surface area (Å²) >= 11 is 0.712. The summed E-state index contributed by atoms with van der Waals surface area (Å²) < 4.78 is 36.0. The van der Waals surface area contributed by atoms with Crippen molar-refractivity contribution >= 4 is 55.6 Å². The van der Waals surface area contributed by atoms with Gasteiger partial charge in [-0.1, -0.05) is 36.4 Å². The summed E-state index contributed by atoms with van der Waals surface area (Å²) in [6.07, 6.45) is 1.28. The molecular formula is C24H17N5O6S2. The maximum Gasteiger partial charge on any atom is 0.283 e. The first-order valence-electron chi connectivity index (χ1n) is 10.7. The van der Waals surface area contributed by atoms with Crippen molar-refractivity contribution in [3.8, 4) is 11.3 Å². The molecule has 186 valence electrons. The quantitative estimate of drug-likeness (QED) is 0.218. The Hall–Kier alpha value is -4.36. The molecule has 1 N–H and O–H groups in total. The maximum absolute atomic E-state index is 13.1. The highest BCUT2D eigenvalue weighted by molar-refractivity contribution is 8.16. The number of aryl methyl sites for hydroxylation is 1. The number of hydrogen-bond donors (Lipinski definition) is 1. The number of nitro benzene ring substituents is 1. The van der Waals surface area contributed by atoms with Crippen molar-refractivity contribution < 1.29 is 22.6 Å². The number of fused-ring (bicyclic) bond motifs is 1. The largest absolute Gasteiger partial charge is 0.457 e. The van der Waals surface area contributed by atoms with Crippen LogP contribution in [0.2, 0.25) is 0 Å². The van der Waals surface area contributed by atoms with Crippen LogP contribution in [0.5, 0.6) is 0 Å². The van der Waals surface area contributed by atoms with Crippen LogP contribution in [0, 0.1) is 22.4 Å². The normalized spacial score (nSPS) is 16.6. The molecule has 2 aliphatic rings. The van der Waals surface area contributed by atoms with E-state index < -0.39 is 26.5 Å². The van der Waals surface area contributed by atoms with Gasteiger partial charge in [0.15, 0.2) is 0 Å². The minimum atomic E-state index is -3.96. The molecule has 0 fully saturated rings. The SMILES string of the molecule is Cc1ccc([N+](=O)[O-])cc1-c1ccc(/C=C2/C(=N)N3C(=NC2=O)SN=C3S(=O)(=O)Cc2ccccc2)o1. The van der Waals surface area contributed by atoms with E-state index in [-0.39, 0.29) is 33.1 Å². The van der Waals surface area contributed by atoms with E-state index in [0.717, 1.165) is 10.5 Å². The van der Waals surface area contributed by atoms with Crippen molar-refractivity contribution in [2.45, 2.75) is 12.7 Å². The predicted molar refractivity (Wildman–Crippen MR) is 140 cm³/mol. The van der Waals surface area contributed by atoms with Crippen molar-refractivity contribution in [2.24, 2.45) is 9.39 Å². The third-order valence-electron chi connectivity index (χ3n) is 5.58. The van der Waals surface area contributed by atoms with Gasteiger partial charge in [0.1, 0.15) is 17.4 Å². The summed E-state index contributed by atoms with van der Waals surface area (Å²) in [4.78, 5) is 28.3. The van der Waals surface area contributed by atoms with E-state index in [2.05, 4.69) is 9.39 Å². The number of amidine groups is 3. The van der Waals surface area contributed by atoms with E-state index in [1.54, 1.807) is 55.5 Å². The van der Waals surface area contributed by atoms with Crippen molar-refractivity contribution in [3.05, 3.63) is 93.2 Å². The van der Waals surface area contributed by atoms with Crippen LogP contribution in [0.3, 0.4) is 0 Å². The Bertz CT molecular complexity index is 1670. The molecule has 13 heteroatoms. The van der Waals surface area contributed by atoms with E-state index >= 15 is 0 Å². The Morgan fingerprint density at radius 1 is 1.16 bits per heavy atom. The second-order valence-electron chi connectivity index (χ2n) is 8.11. The van der Waals surface area contributed by atoms with Crippen molar-refractivity contribution in [1.82, 2.24) is 4.90 Å². The number of non-ortho nitro benzene ring substituents is 1. The number of nitro groups is 1. The summed E-state index contributed by atoms with van der Waals surface area (Å²) in [5.41, 5.74) is 1.51. The molecule has 0 aliphatic carbocycles. The Morgan fingerprint density at radius 2 is 1.92 bits per heavy atom. The number of benzene rings is 2. The molecule has 3 heterocycles. The van der Waals surface area contributed by atoms with Crippen LogP contribution in [-0.4, -0.2) is 40.3 Å². The first kappa shape index (κ1) is 24.3. The fraction of sp³-hybridized carbons (Fsp3) is 0.0833.